The van der Waals surface area contributed by atoms with E-state index in [1.54, 1.807) is 0 Å². The summed E-state index contributed by atoms with van der Waals surface area (Å²) in [4.78, 5) is 41.6. The zero-order valence-corrected chi connectivity index (χ0v) is 22.5. The minimum Gasteiger partial charge on any atom is -0.445 e. The molecule has 8 nitrogen and oxygen atoms in total. The Morgan fingerprint density at radius 3 is 2.50 bits per heavy atom. The van der Waals surface area contributed by atoms with Crippen molar-refractivity contribution in [2.24, 2.45) is 39.9 Å². The standard InChI is InChI=1S/C28H43N3O5/c1-17-6-10-28-11-7-20(32)22(28)27(17,4)21(16-26(3,12-13-29)23(33)18(28)2)36-25(35)30-24(34)19-8-14-31(5)15-9-19/h17-19,21-23,33H,6-12,14-16H2,1-5H3,(H,30,34,35)/t17-,18+,21-,22?,23+,26-,27+,28?/m1/s1. The van der Waals surface area contributed by atoms with E-state index < -0.39 is 29.1 Å². The van der Waals surface area contributed by atoms with Gasteiger partial charge in [0.25, 0.3) is 0 Å². The molecule has 1 saturated heterocycles. The normalized spacial score (nSPS) is 43.6. The second-order valence-corrected chi connectivity index (χ2v) is 12.8. The molecule has 36 heavy (non-hydrogen) atoms. The van der Waals surface area contributed by atoms with Gasteiger partial charge in [-0.1, -0.05) is 27.7 Å². The van der Waals surface area contributed by atoms with E-state index in [0.717, 1.165) is 25.9 Å². The largest absolute Gasteiger partial charge is 0.445 e. The molecule has 4 rings (SSSR count). The van der Waals surface area contributed by atoms with Crippen molar-refractivity contribution in [3.05, 3.63) is 0 Å². The minimum absolute atomic E-state index is 0.105. The molecule has 3 aliphatic carbocycles. The highest BCUT2D eigenvalue weighted by molar-refractivity contribution is 5.93. The third-order valence-electron chi connectivity index (χ3n) is 10.9. The number of nitrogens with zero attached hydrogens (tertiary/aromatic N) is 2. The van der Waals surface area contributed by atoms with Gasteiger partial charge in [-0.25, -0.2) is 4.79 Å². The van der Waals surface area contributed by atoms with Crippen molar-refractivity contribution in [2.75, 3.05) is 20.1 Å². The summed E-state index contributed by atoms with van der Waals surface area (Å²) in [5.41, 5.74) is -1.83. The highest BCUT2D eigenvalue weighted by atomic mass is 16.6. The Bertz CT molecular complexity index is 940. The van der Waals surface area contributed by atoms with Crippen LogP contribution in [-0.2, 0) is 14.3 Å². The van der Waals surface area contributed by atoms with Crippen LogP contribution in [0.15, 0.2) is 0 Å². The first-order chi connectivity index (χ1) is 16.9. The zero-order chi connectivity index (χ0) is 26.5. The van der Waals surface area contributed by atoms with Gasteiger partial charge < -0.3 is 14.7 Å². The Kier molecular flexibility index (Phi) is 7.31. The number of alkyl carbamates (subject to hydrolysis) is 1. The second kappa shape index (κ2) is 9.72. The van der Waals surface area contributed by atoms with E-state index in [1.165, 1.54) is 0 Å². The number of carbonyl (C=O) groups is 3. The lowest BCUT2D eigenvalue weighted by molar-refractivity contribution is -0.197. The number of imide groups is 1. The zero-order valence-electron chi connectivity index (χ0n) is 22.5. The second-order valence-electron chi connectivity index (χ2n) is 12.8. The number of likely N-dealkylation sites (tertiary alicyclic amines) is 1. The van der Waals surface area contributed by atoms with E-state index in [0.29, 0.717) is 25.7 Å². The maximum atomic E-state index is 13.5. The molecule has 3 saturated carbocycles. The van der Waals surface area contributed by atoms with Gasteiger partial charge in [0.15, 0.2) is 0 Å². The number of piperidine rings is 1. The first-order valence-corrected chi connectivity index (χ1v) is 13.7. The summed E-state index contributed by atoms with van der Waals surface area (Å²) in [7, 11) is 2.01. The van der Waals surface area contributed by atoms with Gasteiger partial charge >= 0.3 is 6.09 Å². The van der Waals surface area contributed by atoms with Gasteiger partial charge in [-0.15, -0.1) is 0 Å². The van der Waals surface area contributed by atoms with Crippen LogP contribution in [0.1, 0.15) is 79.1 Å². The summed E-state index contributed by atoms with van der Waals surface area (Å²) in [6.45, 7) is 9.73. The van der Waals surface area contributed by atoms with Gasteiger partial charge in [0, 0.05) is 35.5 Å². The van der Waals surface area contributed by atoms with Crippen LogP contribution in [0.5, 0.6) is 0 Å². The van der Waals surface area contributed by atoms with Crippen molar-refractivity contribution < 1.29 is 24.2 Å². The van der Waals surface area contributed by atoms with Gasteiger partial charge in [-0.3, -0.25) is 14.9 Å². The Morgan fingerprint density at radius 1 is 1.19 bits per heavy atom. The fourth-order valence-electron chi connectivity index (χ4n) is 8.34. The Morgan fingerprint density at radius 2 is 1.86 bits per heavy atom. The van der Waals surface area contributed by atoms with Crippen LogP contribution in [0.2, 0.25) is 0 Å². The Labute approximate surface area is 215 Å². The lowest BCUT2D eigenvalue weighted by atomic mass is 9.43. The van der Waals surface area contributed by atoms with Crippen LogP contribution < -0.4 is 5.32 Å². The molecule has 0 radical (unpaired) electrons. The van der Waals surface area contributed by atoms with E-state index in [4.69, 9.17) is 4.74 Å². The molecule has 2 amide bonds. The number of ketones is 1. The van der Waals surface area contributed by atoms with Gasteiger partial charge in [0.05, 0.1) is 12.2 Å². The number of aliphatic hydroxyl groups is 1. The number of hydrogen-bond acceptors (Lipinski definition) is 7. The van der Waals surface area contributed by atoms with Gasteiger partial charge in [0.1, 0.15) is 11.9 Å². The van der Waals surface area contributed by atoms with Crippen molar-refractivity contribution in [2.45, 2.75) is 91.3 Å². The monoisotopic (exact) mass is 501 g/mol. The van der Waals surface area contributed by atoms with E-state index in [1.807, 2.05) is 20.9 Å². The SMILES string of the molecule is C[C@@H]1CCC23CCC(=O)C2[C@]1(C)[C@H](OC(=O)NC(=O)C1CCN(C)CC1)C[C@@](C)(CC#N)[C@@H](O)[C@@H]3C. The van der Waals surface area contributed by atoms with Crippen LogP contribution in [0, 0.1) is 51.2 Å². The molecule has 8 heteroatoms. The summed E-state index contributed by atoms with van der Waals surface area (Å²) in [6, 6.07) is 2.24. The Balaban J connectivity index is 1.66. The molecule has 1 aliphatic heterocycles. The van der Waals surface area contributed by atoms with Crippen LogP contribution in [0.25, 0.3) is 0 Å². The van der Waals surface area contributed by atoms with E-state index in [9.17, 15) is 24.8 Å². The molecular weight excluding hydrogens is 458 g/mol. The molecule has 200 valence electrons. The summed E-state index contributed by atoms with van der Waals surface area (Å²) < 4.78 is 6.09. The Hall–Kier alpha value is -1.98. The van der Waals surface area contributed by atoms with E-state index in [-0.39, 0.29) is 53.6 Å². The highest BCUT2D eigenvalue weighted by Crippen LogP contribution is 2.68. The molecule has 0 spiro atoms. The average molecular weight is 502 g/mol. The lowest BCUT2D eigenvalue weighted by Gasteiger charge is -2.61. The van der Waals surface area contributed by atoms with Crippen LogP contribution in [0.3, 0.4) is 0 Å². The summed E-state index contributed by atoms with van der Waals surface area (Å²) in [5.74, 6) is -0.740. The molecule has 4 fully saturated rings. The summed E-state index contributed by atoms with van der Waals surface area (Å²) >= 11 is 0. The molecular formula is C28H43N3O5. The predicted molar refractivity (Wildman–Crippen MR) is 133 cm³/mol. The van der Waals surface area contributed by atoms with Crippen molar-refractivity contribution in [1.29, 1.82) is 5.26 Å². The number of aliphatic hydroxyl groups excluding tert-OH is 1. The number of Topliss-reactive ketones (excluding diaryl/α,β-unsaturated/α-hetero) is 1. The van der Waals surface area contributed by atoms with Gasteiger partial charge in [-0.05, 0) is 75.9 Å². The molecule has 0 aromatic carbocycles. The molecule has 2 N–H and O–H groups in total. The van der Waals surface area contributed by atoms with E-state index in [2.05, 4.69) is 30.1 Å². The molecule has 2 unspecified atom stereocenters. The number of nitriles is 1. The maximum Gasteiger partial charge on any atom is 0.414 e. The topological polar surface area (TPSA) is 120 Å². The highest BCUT2D eigenvalue weighted by Gasteiger charge is 2.68. The minimum atomic E-state index is -0.807. The van der Waals surface area contributed by atoms with Crippen LogP contribution in [-0.4, -0.2) is 60.1 Å². The summed E-state index contributed by atoms with van der Waals surface area (Å²) in [5, 5.41) is 23.8. The first-order valence-electron chi connectivity index (χ1n) is 13.7. The number of carbonyl (C=O) groups excluding carboxylic acids is 3. The molecule has 8 atom stereocenters. The first kappa shape index (κ1) is 27.1. The van der Waals surface area contributed by atoms with Crippen molar-refractivity contribution in [1.82, 2.24) is 10.2 Å². The van der Waals surface area contributed by atoms with Gasteiger partial charge in [-0.2, -0.15) is 5.26 Å². The predicted octanol–water partition coefficient (Wildman–Crippen LogP) is 3.67. The average Bonchev–Trinajstić information content (AvgIpc) is 3.18. The maximum absolute atomic E-state index is 13.5. The number of amides is 2. The van der Waals surface area contributed by atoms with Gasteiger partial charge in [0.2, 0.25) is 5.91 Å². The van der Waals surface area contributed by atoms with Crippen molar-refractivity contribution >= 4 is 17.8 Å². The molecule has 2 bridgehead atoms. The quantitative estimate of drug-likeness (QED) is 0.605. The third-order valence-corrected chi connectivity index (χ3v) is 10.9. The smallest absolute Gasteiger partial charge is 0.414 e. The number of ether oxygens (including phenoxy) is 1. The van der Waals surface area contributed by atoms with Crippen molar-refractivity contribution in [3.8, 4) is 6.07 Å². The fourth-order valence-corrected chi connectivity index (χ4v) is 8.34. The number of hydrogen-bond donors (Lipinski definition) is 2. The molecule has 1 heterocycles. The third kappa shape index (κ3) is 4.26. The van der Waals surface area contributed by atoms with Crippen molar-refractivity contribution in [3.63, 3.8) is 0 Å². The number of rotatable bonds is 3. The molecule has 0 aromatic heterocycles. The summed E-state index contributed by atoms with van der Waals surface area (Å²) in [6.07, 6.45) is 2.37. The molecule has 0 aromatic rings. The fraction of sp³-hybridized carbons (Fsp3) is 0.857. The van der Waals surface area contributed by atoms with E-state index >= 15 is 0 Å². The number of nitrogens with one attached hydrogen (secondary N) is 1. The van der Waals surface area contributed by atoms with Crippen LogP contribution in [0.4, 0.5) is 4.79 Å². The van der Waals surface area contributed by atoms with Crippen LogP contribution >= 0.6 is 0 Å². The lowest BCUT2D eigenvalue weighted by Crippen LogP contribution is -2.63. The molecule has 4 aliphatic rings.